The lowest BCUT2D eigenvalue weighted by molar-refractivity contribution is -0.142. The molecule has 1 atom stereocenters. The zero-order chi connectivity index (χ0) is 16.3. The quantitative estimate of drug-likeness (QED) is 0.624. The van der Waals surface area contributed by atoms with E-state index < -0.39 is 20.3 Å². The Kier molecular flexibility index (Phi) is 5.73. The molecule has 3 N–H and O–H groups in total. The van der Waals surface area contributed by atoms with E-state index in [1.807, 2.05) is 25.2 Å². The highest BCUT2D eigenvalue weighted by atomic mass is 28.4. The van der Waals surface area contributed by atoms with Gasteiger partial charge in [0, 0.05) is 0 Å². The van der Waals surface area contributed by atoms with Gasteiger partial charge in [0.2, 0.25) is 0 Å². The molecule has 0 bridgehead atoms. The number of rotatable bonds is 6. The number of carbonyl (C=O) groups is 1. The fourth-order valence-corrected chi connectivity index (χ4v) is 2.72. The van der Waals surface area contributed by atoms with E-state index in [2.05, 4.69) is 30.7 Å². The van der Waals surface area contributed by atoms with Crippen LogP contribution in [0.4, 0.5) is 0 Å². The summed E-state index contributed by atoms with van der Waals surface area (Å²) in [4.78, 5) is 21.8. The molecule has 1 aromatic rings. The first-order chi connectivity index (χ1) is 9.56. The molecule has 0 saturated carbocycles. The fourth-order valence-electron chi connectivity index (χ4n) is 2.08. The Morgan fingerprint density at radius 2 is 1.95 bits per heavy atom. The van der Waals surface area contributed by atoms with Gasteiger partial charge in [-0.05, 0) is 42.1 Å². The number of hydrogen-bond donors (Lipinski definition) is 2. The van der Waals surface area contributed by atoms with Gasteiger partial charge in [-0.25, -0.2) is 0 Å². The minimum Gasteiger partial charge on any atom is -0.468 e. The Bertz CT molecular complexity index is 495. The van der Waals surface area contributed by atoms with E-state index in [1.54, 1.807) is 0 Å². The van der Waals surface area contributed by atoms with Gasteiger partial charge in [-0.1, -0.05) is 38.1 Å². The summed E-state index contributed by atoms with van der Waals surface area (Å²) in [5, 5.41) is -0.115. The SMILES string of the molecule is COC(=O)C(N)Cc1cccc(CC(C)(C)[Si](C)(C)O)c1. The minimum atomic E-state index is -2.24. The summed E-state index contributed by atoms with van der Waals surface area (Å²) in [6.45, 7) is 8.13. The van der Waals surface area contributed by atoms with Crippen LogP contribution in [0.15, 0.2) is 24.3 Å². The van der Waals surface area contributed by atoms with Crippen molar-refractivity contribution in [3.63, 3.8) is 0 Å². The molecule has 0 saturated heterocycles. The van der Waals surface area contributed by atoms with E-state index >= 15 is 0 Å². The van der Waals surface area contributed by atoms with Crippen LogP contribution in [0.5, 0.6) is 0 Å². The van der Waals surface area contributed by atoms with Crippen molar-refractivity contribution in [3.8, 4) is 0 Å². The van der Waals surface area contributed by atoms with Gasteiger partial charge < -0.3 is 15.3 Å². The van der Waals surface area contributed by atoms with Gasteiger partial charge in [0.15, 0.2) is 8.32 Å². The predicted octanol–water partition coefficient (Wildman–Crippen LogP) is 2.25. The Morgan fingerprint density at radius 3 is 2.48 bits per heavy atom. The zero-order valence-electron chi connectivity index (χ0n) is 13.6. The lowest BCUT2D eigenvalue weighted by Gasteiger charge is -2.35. The van der Waals surface area contributed by atoms with E-state index in [4.69, 9.17) is 5.73 Å². The first-order valence-corrected chi connectivity index (χ1v) is 10.1. The Hall–Kier alpha value is -1.17. The second-order valence-electron chi connectivity index (χ2n) is 6.77. The van der Waals surface area contributed by atoms with Gasteiger partial charge in [-0.2, -0.15) is 0 Å². The van der Waals surface area contributed by atoms with Crippen molar-refractivity contribution in [1.82, 2.24) is 0 Å². The molecule has 4 nitrogen and oxygen atoms in total. The van der Waals surface area contributed by atoms with Crippen LogP contribution in [0.25, 0.3) is 0 Å². The molecule has 0 radical (unpaired) electrons. The average Bonchev–Trinajstić information content (AvgIpc) is 2.36. The number of nitrogens with two attached hydrogens (primary N) is 1. The summed E-state index contributed by atoms with van der Waals surface area (Å²) in [7, 11) is -0.897. The van der Waals surface area contributed by atoms with E-state index in [0.29, 0.717) is 6.42 Å². The van der Waals surface area contributed by atoms with Gasteiger partial charge in [-0.3, -0.25) is 4.79 Å². The smallest absolute Gasteiger partial charge is 0.322 e. The molecule has 118 valence electrons. The third kappa shape index (κ3) is 4.95. The first kappa shape index (κ1) is 17.9. The Morgan fingerprint density at radius 1 is 1.38 bits per heavy atom. The molecule has 0 fully saturated rings. The molecule has 1 aromatic carbocycles. The summed E-state index contributed by atoms with van der Waals surface area (Å²) < 4.78 is 4.65. The molecule has 5 heteroatoms. The summed E-state index contributed by atoms with van der Waals surface area (Å²) in [6.07, 6.45) is 1.27. The van der Waals surface area contributed by atoms with Gasteiger partial charge in [0.25, 0.3) is 0 Å². The Labute approximate surface area is 128 Å². The van der Waals surface area contributed by atoms with Crippen LogP contribution < -0.4 is 5.73 Å². The molecule has 1 unspecified atom stereocenters. The maximum atomic E-state index is 11.4. The normalized spacial score (nSPS) is 13.9. The molecule has 1 rings (SSSR count). The monoisotopic (exact) mass is 309 g/mol. The van der Waals surface area contributed by atoms with E-state index in [1.165, 1.54) is 7.11 Å². The highest BCUT2D eigenvalue weighted by molar-refractivity contribution is 6.72. The van der Waals surface area contributed by atoms with Gasteiger partial charge in [0.1, 0.15) is 6.04 Å². The van der Waals surface area contributed by atoms with Crippen LogP contribution >= 0.6 is 0 Å². The number of benzene rings is 1. The predicted molar refractivity (Wildman–Crippen MR) is 87.6 cm³/mol. The van der Waals surface area contributed by atoms with Crippen molar-refractivity contribution in [2.75, 3.05) is 7.11 Å². The highest BCUT2D eigenvalue weighted by Gasteiger charge is 2.37. The molecule has 0 aliphatic heterocycles. The van der Waals surface area contributed by atoms with Crippen LogP contribution in [0, 0.1) is 0 Å². The van der Waals surface area contributed by atoms with Crippen molar-refractivity contribution in [2.24, 2.45) is 5.73 Å². The molecule has 0 heterocycles. The number of hydrogen-bond acceptors (Lipinski definition) is 4. The van der Waals surface area contributed by atoms with Gasteiger partial charge >= 0.3 is 5.97 Å². The molecule has 0 aromatic heterocycles. The van der Waals surface area contributed by atoms with Crippen molar-refractivity contribution in [3.05, 3.63) is 35.4 Å². The average molecular weight is 309 g/mol. The number of esters is 1. The topological polar surface area (TPSA) is 72.5 Å². The van der Waals surface area contributed by atoms with Crippen molar-refractivity contribution in [1.29, 1.82) is 0 Å². The largest absolute Gasteiger partial charge is 0.468 e. The molecule has 0 aliphatic rings. The number of ether oxygens (including phenoxy) is 1. The van der Waals surface area contributed by atoms with Crippen LogP contribution in [0.1, 0.15) is 25.0 Å². The van der Waals surface area contributed by atoms with E-state index in [0.717, 1.165) is 17.5 Å². The fraction of sp³-hybridized carbons (Fsp3) is 0.562. The summed E-state index contributed by atoms with van der Waals surface area (Å²) in [5.41, 5.74) is 7.97. The van der Waals surface area contributed by atoms with Crippen molar-refractivity contribution >= 4 is 14.3 Å². The van der Waals surface area contributed by atoms with E-state index in [-0.39, 0.29) is 5.04 Å². The summed E-state index contributed by atoms with van der Waals surface area (Å²) in [5.74, 6) is -0.398. The third-order valence-corrected chi connectivity index (χ3v) is 7.74. The molecule has 21 heavy (non-hydrogen) atoms. The zero-order valence-corrected chi connectivity index (χ0v) is 14.6. The molecule has 0 aliphatic carbocycles. The Balaban J connectivity index is 2.84. The molecular weight excluding hydrogens is 282 g/mol. The van der Waals surface area contributed by atoms with Crippen LogP contribution in [-0.2, 0) is 22.4 Å². The lowest BCUT2D eigenvalue weighted by atomic mass is 9.98. The van der Waals surface area contributed by atoms with Crippen molar-refractivity contribution in [2.45, 2.75) is 50.9 Å². The van der Waals surface area contributed by atoms with Crippen LogP contribution in [-0.4, -0.2) is 32.2 Å². The second-order valence-corrected chi connectivity index (χ2v) is 11.2. The molecule has 0 spiro atoms. The summed E-state index contributed by atoms with van der Waals surface area (Å²) in [6, 6.07) is 7.40. The third-order valence-electron chi connectivity index (χ3n) is 4.25. The standard InChI is InChI=1S/C16H27NO3Si/c1-16(2,21(4,5)19)11-13-8-6-7-12(9-13)10-14(17)15(18)20-3/h6-9,14,19H,10-11,17H2,1-5H3. The lowest BCUT2D eigenvalue weighted by Crippen LogP contribution is -2.40. The maximum absolute atomic E-state index is 11.4. The second kappa shape index (κ2) is 6.73. The number of carbonyl (C=O) groups excluding carboxylic acids is 1. The first-order valence-electron chi connectivity index (χ1n) is 7.20. The van der Waals surface area contributed by atoms with Crippen LogP contribution in [0.3, 0.4) is 0 Å². The van der Waals surface area contributed by atoms with Crippen LogP contribution in [0.2, 0.25) is 18.1 Å². The minimum absolute atomic E-state index is 0.115. The van der Waals surface area contributed by atoms with Gasteiger partial charge in [0.05, 0.1) is 7.11 Å². The van der Waals surface area contributed by atoms with Crippen molar-refractivity contribution < 1.29 is 14.3 Å². The number of methoxy groups -OCH3 is 1. The maximum Gasteiger partial charge on any atom is 0.322 e. The highest BCUT2D eigenvalue weighted by Crippen LogP contribution is 2.38. The molecular formula is C16H27NO3Si. The van der Waals surface area contributed by atoms with Gasteiger partial charge in [-0.15, -0.1) is 0 Å². The molecule has 0 amide bonds. The van der Waals surface area contributed by atoms with E-state index in [9.17, 15) is 9.59 Å². The summed E-state index contributed by atoms with van der Waals surface area (Å²) >= 11 is 0.